The first kappa shape index (κ1) is 15.5. The molecular weight excluding hydrogens is 334 g/mol. The molecule has 4 nitrogen and oxygen atoms in total. The van der Waals surface area contributed by atoms with E-state index in [2.05, 4.69) is 20.9 Å². The Morgan fingerprint density at radius 2 is 1.95 bits per heavy atom. The molecule has 0 saturated heterocycles. The summed E-state index contributed by atoms with van der Waals surface area (Å²) < 4.78 is 11.8. The number of hydrogen-bond donors (Lipinski definition) is 0. The van der Waals surface area contributed by atoms with Gasteiger partial charge in [0.1, 0.15) is 11.3 Å². The highest BCUT2D eigenvalue weighted by molar-refractivity contribution is 9.10. The van der Waals surface area contributed by atoms with Crippen LogP contribution in [0.25, 0.3) is 0 Å². The van der Waals surface area contributed by atoms with Gasteiger partial charge in [0.15, 0.2) is 0 Å². The zero-order valence-electron chi connectivity index (χ0n) is 12.1. The number of hydrogen-bond acceptors (Lipinski definition) is 4. The SMILES string of the molecule is CCOC(=O)c1cccnc1Oc1cc(C)c(Br)c(C)c1. The van der Waals surface area contributed by atoms with E-state index in [4.69, 9.17) is 9.47 Å². The Kier molecular flexibility index (Phi) is 4.96. The summed E-state index contributed by atoms with van der Waals surface area (Å²) in [6.45, 7) is 6.03. The smallest absolute Gasteiger partial charge is 0.343 e. The second kappa shape index (κ2) is 6.72. The predicted molar refractivity (Wildman–Crippen MR) is 83.9 cm³/mol. The van der Waals surface area contributed by atoms with Gasteiger partial charge in [-0.3, -0.25) is 0 Å². The molecule has 0 amide bonds. The Morgan fingerprint density at radius 3 is 2.57 bits per heavy atom. The molecule has 2 rings (SSSR count). The van der Waals surface area contributed by atoms with Gasteiger partial charge in [-0.15, -0.1) is 0 Å². The van der Waals surface area contributed by atoms with E-state index in [-0.39, 0.29) is 5.88 Å². The number of carbonyl (C=O) groups is 1. The maximum Gasteiger partial charge on any atom is 0.343 e. The zero-order chi connectivity index (χ0) is 15.4. The van der Waals surface area contributed by atoms with Crippen LogP contribution in [0.5, 0.6) is 11.6 Å². The molecule has 21 heavy (non-hydrogen) atoms. The highest BCUT2D eigenvalue weighted by atomic mass is 79.9. The summed E-state index contributed by atoms with van der Waals surface area (Å²) >= 11 is 3.51. The molecule has 0 saturated carbocycles. The summed E-state index contributed by atoms with van der Waals surface area (Å²) in [5, 5.41) is 0. The third-order valence-corrected chi connectivity index (χ3v) is 4.14. The van der Waals surface area contributed by atoms with Crippen molar-refractivity contribution < 1.29 is 14.3 Å². The van der Waals surface area contributed by atoms with Gasteiger partial charge in [0.05, 0.1) is 6.61 Å². The molecule has 0 aliphatic heterocycles. The number of rotatable bonds is 4. The molecule has 0 spiro atoms. The van der Waals surface area contributed by atoms with E-state index in [0.717, 1.165) is 15.6 Å². The van der Waals surface area contributed by atoms with Gasteiger partial charge in [0.25, 0.3) is 0 Å². The third-order valence-electron chi connectivity index (χ3n) is 2.89. The van der Waals surface area contributed by atoms with Gasteiger partial charge in [-0.25, -0.2) is 9.78 Å². The molecule has 1 heterocycles. The molecule has 0 N–H and O–H groups in total. The van der Waals surface area contributed by atoms with E-state index in [9.17, 15) is 4.79 Å². The Balaban J connectivity index is 2.34. The van der Waals surface area contributed by atoms with Crippen molar-refractivity contribution >= 4 is 21.9 Å². The number of esters is 1. The van der Waals surface area contributed by atoms with Gasteiger partial charge in [0.2, 0.25) is 5.88 Å². The summed E-state index contributed by atoms with van der Waals surface area (Å²) in [6, 6.07) is 7.09. The molecule has 0 aliphatic rings. The van der Waals surface area contributed by atoms with E-state index in [0.29, 0.717) is 17.9 Å². The molecular formula is C16H16BrNO3. The van der Waals surface area contributed by atoms with E-state index >= 15 is 0 Å². The van der Waals surface area contributed by atoms with Crippen molar-refractivity contribution in [3.63, 3.8) is 0 Å². The maximum atomic E-state index is 11.9. The zero-order valence-corrected chi connectivity index (χ0v) is 13.7. The molecule has 0 fully saturated rings. The van der Waals surface area contributed by atoms with Crippen LogP contribution in [0.1, 0.15) is 28.4 Å². The molecule has 0 aliphatic carbocycles. The van der Waals surface area contributed by atoms with Crippen molar-refractivity contribution in [2.45, 2.75) is 20.8 Å². The normalized spacial score (nSPS) is 10.3. The van der Waals surface area contributed by atoms with Gasteiger partial charge in [-0.05, 0) is 56.2 Å². The molecule has 1 aromatic heterocycles. The predicted octanol–water partition coefficient (Wildman–Crippen LogP) is 4.43. The van der Waals surface area contributed by atoms with Gasteiger partial charge in [0, 0.05) is 10.7 Å². The highest BCUT2D eigenvalue weighted by Crippen LogP contribution is 2.30. The summed E-state index contributed by atoms with van der Waals surface area (Å²) in [5.41, 5.74) is 2.43. The van der Waals surface area contributed by atoms with Gasteiger partial charge in [-0.1, -0.05) is 15.9 Å². The number of benzene rings is 1. The van der Waals surface area contributed by atoms with E-state index < -0.39 is 5.97 Å². The van der Waals surface area contributed by atoms with Crippen LogP contribution in [0, 0.1) is 13.8 Å². The monoisotopic (exact) mass is 349 g/mol. The quantitative estimate of drug-likeness (QED) is 0.766. The minimum Gasteiger partial charge on any atom is -0.462 e. The van der Waals surface area contributed by atoms with Crippen molar-refractivity contribution in [2.75, 3.05) is 6.61 Å². The molecule has 0 radical (unpaired) electrons. The Labute approximate surface area is 132 Å². The molecule has 0 unspecified atom stereocenters. The number of aryl methyl sites for hydroxylation is 2. The average molecular weight is 350 g/mol. The number of ether oxygens (including phenoxy) is 2. The van der Waals surface area contributed by atoms with E-state index in [1.54, 1.807) is 25.3 Å². The van der Waals surface area contributed by atoms with Crippen LogP contribution < -0.4 is 4.74 Å². The fraction of sp³-hybridized carbons (Fsp3) is 0.250. The fourth-order valence-electron chi connectivity index (χ4n) is 1.91. The van der Waals surface area contributed by atoms with Crippen molar-refractivity contribution in [1.82, 2.24) is 4.98 Å². The first-order valence-electron chi connectivity index (χ1n) is 6.59. The summed E-state index contributed by atoms with van der Waals surface area (Å²) in [7, 11) is 0. The Morgan fingerprint density at radius 1 is 1.29 bits per heavy atom. The van der Waals surface area contributed by atoms with E-state index in [1.807, 2.05) is 26.0 Å². The topological polar surface area (TPSA) is 48.4 Å². The largest absolute Gasteiger partial charge is 0.462 e. The van der Waals surface area contributed by atoms with Crippen LogP contribution >= 0.6 is 15.9 Å². The lowest BCUT2D eigenvalue weighted by Crippen LogP contribution is -2.07. The van der Waals surface area contributed by atoms with Crippen LogP contribution in [0.15, 0.2) is 34.9 Å². The molecule has 1 aromatic carbocycles. The van der Waals surface area contributed by atoms with Crippen LogP contribution in [-0.4, -0.2) is 17.6 Å². The average Bonchev–Trinajstić information content (AvgIpc) is 2.45. The maximum absolute atomic E-state index is 11.9. The summed E-state index contributed by atoms with van der Waals surface area (Å²) in [5.74, 6) is 0.445. The lowest BCUT2D eigenvalue weighted by atomic mass is 10.1. The first-order valence-corrected chi connectivity index (χ1v) is 7.39. The molecule has 0 atom stereocenters. The molecule has 2 aromatic rings. The second-order valence-electron chi connectivity index (χ2n) is 4.55. The summed E-state index contributed by atoms with van der Waals surface area (Å²) in [6.07, 6.45) is 1.58. The van der Waals surface area contributed by atoms with Crippen molar-refractivity contribution in [3.8, 4) is 11.6 Å². The fourth-order valence-corrected chi connectivity index (χ4v) is 2.14. The van der Waals surface area contributed by atoms with E-state index in [1.165, 1.54) is 0 Å². The van der Waals surface area contributed by atoms with Gasteiger partial charge >= 0.3 is 5.97 Å². The number of carbonyl (C=O) groups excluding carboxylic acids is 1. The Bertz CT molecular complexity index is 647. The standard InChI is InChI=1S/C16H16BrNO3/c1-4-20-16(19)13-6-5-7-18-15(13)21-12-8-10(2)14(17)11(3)9-12/h5-9H,4H2,1-3H3. The first-order chi connectivity index (χ1) is 10.0. The minimum atomic E-state index is -0.439. The number of aromatic nitrogens is 1. The number of pyridine rings is 1. The summed E-state index contributed by atoms with van der Waals surface area (Å²) in [4.78, 5) is 16.0. The van der Waals surface area contributed by atoms with Crippen LogP contribution in [0.3, 0.4) is 0 Å². The van der Waals surface area contributed by atoms with Crippen molar-refractivity contribution in [1.29, 1.82) is 0 Å². The van der Waals surface area contributed by atoms with Crippen LogP contribution in [0.2, 0.25) is 0 Å². The van der Waals surface area contributed by atoms with Crippen molar-refractivity contribution in [2.24, 2.45) is 0 Å². The van der Waals surface area contributed by atoms with Crippen molar-refractivity contribution in [3.05, 3.63) is 51.6 Å². The molecule has 5 heteroatoms. The van der Waals surface area contributed by atoms with Crippen LogP contribution in [-0.2, 0) is 4.74 Å². The van der Waals surface area contributed by atoms with Gasteiger partial charge < -0.3 is 9.47 Å². The number of nitrogens with zero attached hydrogens (tertiary/aromatic N) is 1. The second-order valence-corrected chi connectivity index (χ2v) is 5.34. The highest BCUT2D eigenvalue weighted by Gasteiger charge is 2.15. The molecule has 0 bridgehead atoms. The number of halogens is 1. The minimum absolute atomic E-state index is 0.247. The lowest BCUT2D eigenvalue weighted by molar-refractivity contribution is 0.0522. The Hall–Kier alpha value is -1.88. The van der Waals surface area contributed by atoms with Crippen LogP contribution in [0.4, 0.5) is 0 Å². The van der Waals surface area contributed by atoms with Gasteiger partial charge in [-0.2, -0.15) is 0 Å². The molecule has 110 valence electrons. The lowest BCUT2D eigenvalue weighted by Gasteiger charge is -2.11. The third kappa shape index (κ3) is 3.61.